The number of aliphatic carboxylic acids is 1. The van der Waals surface area contributed by atoms with E-state index in [1.807, 2.05) is 0 Å². The highest BCUT2D eigenvalue weighted by molar-refractivity contribution is 8.26. The molecular weight excluding hydrogens is 330 g/mol. The number of H-pyrrole nitrogens is 2. The number of carboxylic acids is 1. The number of aromatic nitrogens is 2. The van der Waals surface area contributed by atoms with Crippen LogP contribution in [0.4, 0.5) is 0 Å². The predicted molar refractivity (Wildman–Crippen MR) is 84.4 cm³/mol. The van der Waals surface area contributed by atoms with Crippen LogP contribution in [0.5, 0.6) is 0 Å². The van der Waals surface area contributed by atoms with Crippen LogP contribution in [0.15, 0.2) is 20.7 Å². The van der Waals surface area contributed by atoms with Crippen LogP contribution in [0, 0.1) is 0 Å². The highest BCUT2D eigenvalue weighted by Crippen LogP contribution is 2.32. The lowest BCUT2D eigenvalue weighted by Gasteiger charge is -2.13. The molecule has 1 amide bonds. The number of nitrogens with one attached hydrogen (secondary N) is 2. The summed E-state index contributed by atoms with van der Waals surface area (Å²) in [6.45, 7) is 0.205. The lowest BCUT2D eigenvalue weighted by atomic mass is 10.2. The van der Waals surface area contributed by atoms with E-state index in [0.29, 0.717) is 4.32 Å². The Hall–Kier alpha value is -2.20. The molecule has 1 aliphatic heterocycles. The molecular formula is C12H11N3O5S2. The fourth-order valence-electron chi connectivity index (χ4n) is 1.75. The summed E-state index contributed by atoms with van der Waals surface area (Å²) in [4.78, 5) is 51.1. The average molecular weight is 341 g/mol. The lowest BCUT2D eigenvalue weighted by Crippen LogP contribution is -2.29. The smallest absolute Gasteiger partial charge is 0.325 e. The monoisotopic (exact) mass is 341 g/mol. The summed E-state index contributed by atoms with van der Waals surface area (Å²) >= 11 is 6.10. The number of aromatic amines is 2. The number of hydrogen-bond acceptors (Lipinski definition) is 6. The van der Waals surface area contributed by atoms with Crippen molar-refractivity contribution in [3.63, 3.8) is 0 Å². The van der Waals surface area contributed by atoms with Gasteiger partial charge in [0.25, 0.3) is 11.5 Å². The molecule has 0 unspecified atom stereocenters. The van der Waals surface area contributed by atoms with E-state index < -0.39 is 17.2 Å². The number of thiocarbonyl (C=S) groups is 1. The van der Waals surface area contributed by atoms with E-state index in [-0.39, 0.29) is 35.8 Å². The Morgan fingerprint density at radius 3 is 2.77 bits per heavy atom. The summed E-state index contributed by atoms with van der Waals surface area (Å²) in [6.07, 6.45) is 2.77. The quantitative estimate of drug-likeness (QED) is 0.514. The van der Waals surface area contributed by atoms with Crippen LogP contribution < -0.4 is 11.2 Å². The van der Waals surface area contributed by atoms with Gasteiger partial charge in [-0.3, -0.25) is 24.3 Å². The van der Waals surface area contributed by atoms with Crippen LogP contribution in [0.2, 0.25) is 0 Å². The molecule has 0 bridgehead atoms. The molecule has 1 saturated heterocycles. The Kier molecular flexibility index (Phi) is 4.93. The van der Waals surface area contributed by atoms with Crippen molar-refractivity contribution in [2.45, 2.75) is 12.8 Å². The standard InChI is InChI=1S/C12H11N3O5S2/c16-8(17)2-1-3-15-10(19)7(22-12(15)21)4-6-5-13-11(20)14-9(6)18/h4-5H,1-3H2,(H,16,17)(H2,13,14,18,20). The maximum atomic E-state index is 12.2. The van der Waals surface area contributed by atoms with E-state index in [4.69, 9.17) is 17.3 Å². The first-order valence-electron chi connectivity index (χ1n) is 6.17. The highest BCUT2D eigenvalue weighted by atomic mass is 32.2. The van der Waals surface area contributed by atoms with Crippen molar-refractivity contribution in [2.24, 2.45) is 0 Å². The summed E-state index contributed by atoms with van der Waals surface area (Å²) in [5.41, 5.74) is -1.12. The summed E-state index contributed by atoms with van der Waals surface area (Å²) in [7, 11) is 0. The van der Waals surface area contributed by atoms with Crippen LogP contribution in [-0.4, -0.2) is 42.7 Å². The van der Waals surface area contributed by atoms with Gasteiger partial charge in [-0.15, -0.1) is 0 Å². The van der Waals surface area contributed by atoms with Crippen molar-refractivity contribution in [1.82, 2.24) is 14.9 Å². The highest BCUT2D eigenvalue weighted by Gasteiger charge is 2.31. The van der Waals surface area contributed by atoms with E-state index in [1.165, 1.54) is 17.2 Å². The molecule has 116 valence electrons. The molecule has 2 rings (SSSR count). The van der Waals surface area contributed by atoms with E-state index in [9.17, 15) is 19.2 Å². The Balaban J connectivity index is 2.17. The van der Waals surface area contributed by atoms with Crippen LogP contribution in [0.1, 0.15) is 18.4 Å². The second-order valence-electron chi connectivity index (χ2n) is 4.36. The Morgan fingerprint density at radius 1 is 1.41 bits per heavy atom. The van der Waals surface area contributed by atoms with Gasteiger partial charge in [0.2, 0.25) is 0 Å². The molecule has 0 atom stereocenters. The maximum absolute atomic E-state index is 12.2. The number of hydrogen-bond donors (Lipinski definition) is 3. The summed E-state index contributed by atoms with van der Waals surface area (Å²) in [6, 6.07) is 0. The van der Waals surface area contributed by atoms with Gasteiger partial charge in [0.05, 0.1) is 10.5 Å². The van der Waals surface area contributed by atoms with E-state index in [1.54, 1.807) is 0 Å². The number of rotatable bonds is 5. The number of carboxylic acid groups (broad SMARTS) is 1. The second-order valence-corrected chi connectivity index (χ2v) is 6.03. The first-order chi connectivity index (χ1) is 10.4. The molecule has 0 aromatic carbocycles. The van der Waals surface area contributed by atoms with Crippen molar-refractivity contribution in [1.29, 1.82) is 0 Å². The van der Waals surface area contributed by atoms with Crippen LogP contribution >= 0.6 is 24.0 Å². The van der Waals surface area contributed by atoms with Crippen molar-refractivity contribution >= 4 is 46.3 Å². The molecule has 1 fully saturated rings. The molecule has 0 spiro atoms. The fourth-order valence-corrected chi connectivity index (χ4v) is 3.05. The van der Waals surface area contributed by atoms with Crippen LogP contribution in [-0.2, 0) is 9.59 Å². The topological polar surface area (TPSA) is 123 Å². The lowest BCUT2D eigenvalue weighted by molar-refractivity contribution is -0.137. The van der Waals surface area contributed by atoms with Crippen molar-refractivity contribution < 1.29 is 14.7 Å². The summed E-state index contributed by atoms with van der Waals surface area (Å²) < 4.78 is 0.308. The number of thioether (sulfide) groups is 1. The van der Waals surface area contributed by atoms with Gasteiger partial charge in [0.15, 0.2) is 0 Å². The first-order valence-corrected chi connectivity index (χ1v) is 7.40. The molecule has 1 aliphatic rings. The molecule has 0 radical (unpaired) electrons. The summed E-state index contributed by atoms with van der Waals surface area (Å²) in [5, 5.41) is 8.60. The SMILES string of the molecule is O=C(O)CCCN1C(=O)C(=Cc2c[nH]c(=O)[nH]c2=O)SC1=S. The third-order valence-electron chi connectivity index (χ3n) is 2.78. The Labute approximate surface area is 133 Å². The number of nitrogens with zero attached hydrogens (tertiary/aromatic N) is 1. The molecule has 0 saturated carbocycles. The van der Waals surface area contributed by atoms with Gasteiger partial charge in [0.1, 0.15) is 4.32 Å². The van der Waals surface area contributed by atoms with E-state index >= 15 is 0 Å². The largest absolute Gasteiger partial charge is 0.481 e. The second kappa shape index (κ2) is 6.71. The van der Waals surface area contributed by atoms with Crippen molar-refractivity contribution in [3.8, 4) is 0 Å². The fraction of sp³-hybridized carbons (Fsp3) is 0.250. The Morgan fingerprint density at radius 2 is 2.14 bits per heavy atom. The van der Waals surface area contributed by atoms with Gasteiger partial charge in [-0.25, -0.2) is 4.79 Å². The van der Waals surface area contributed by atoms with Gasteiger partial charge in [-0.2, -0.15) is 0 Å². The first kappa shape index (κ1) is 16.2. The van der Waals surface area contributed by atoms with Gasteiger partial charge in [-0.1, -0.05) is 24.0 Å². The normalized spacial score (nSPS) is 16.5. The molecule has 3 N–H and O–H groups in total. The van der Waals surface area contributed by atoms with Gasteiger partial charge in [-0.05, 0) is 12.5 Å². The number of carbonyl (C=O) groups is 2. The van der Waals surface area contributed by atoms with Crippen LogP contribution in [0.3, 0.4) is 0 Å². The zero-order valence-electron chi connectivity index (χ0n) is 11.1. The minimum Gasteiger partial charge on any atom is -0.481 e. The number of amides is 1. The van der Waals surface area contributed by atoms with Gasteiger partial charge >= 0.3 is 11.7 Å². The predicted octanol–water partition coefficient (Wildman–Crippen LogP) is 0.129. The third-order valence-corrected chi connectivity index (χ3v) is 4.16. The van der Waals surface area contributed by atoms with Crippen molar-refractivity contribution in [2.75, 3.05) is 6.54 Å². The summed E-state index contributed by atoms with van der Waals surface area (Å²) in [5.74, 6) is -1.33. The van der Waals surface area contributed by atoms with Gasteiger partial charge < -0.3 is 10.1 Å². The zero-order chi connectivity index (χ0) is 16.3. The molecule has 2 heterocycles. The Bertz CT molecular complexity index is 779. The minimum atomic E-state index is -0.944. The molecule has 8 nitrogen and oxygen atoms in total. The molecule has 22 heavy (non-hydrogen) atoms. The van der Waals surface area contributed by atoms with E-state index in [2.05, 4.69) is 9.97 Å². The molecule has 10 heteroatoms. The number of carbonyl (C=O) groups excluding carboxylic acids is 1. The van der Waals surface area contributed by atoms with E-state index in [0.717, 1.165) is 11.8 Å². The molecule has 1 aromatic heterocycles. The van der Waals surface area contributed by atoms with Crippen molar-refractivity contribution in [3.05, 3.63) is 37.5 Å². The van der Waals surface area contributed by atoms with Crippen LogP contribution in [0.25, 0.3) is 6.08 Å². The molecule has 1 aromatic rings. The zero-order valence-corrected chi connectivity index (χ0v) is 12.8. The average Bonchev–Trinajstić information content (AvgIpc) is 2.69. The van der Waals surface area contributed by atoms with Gasteiger partial charge in [0, 0.05) is 19.2 Å². The maximum Gasteiger partial charge on any atom is 0.325 e. The minimum absolute atomic E-state index is 0.0598. The molecule has 0 aliphatic carbocycles. The third kappa shape index (κ3) is 3.71.